The second kappa shape index (κ2) is 7.94. The van der Waals surface area contributed by atoms with Crippen LogP contribution in [0.5, 0.6) is 11.5 Å². The van der Waals surface area contributed by atoms with Crippen LogP contribution in [-0.4, -0.2) is 19.3 Å². The van der Waals surface area contributed by atoms with Gasteiger partial charge >= 0.3 is 6.61 Å². The average Bonchev–Trinajstić information content (AvgIpc) is 2.38. The Bertz CT molecular complexity index is 386. The van der Waals surface area contributed by atoms with Crippen molar-refractivity contribution in [1.29, 1.82) is 0 Å². The first kappa shape index (κ1) is 15.7. The third-order valence-corrected chi connectivity index (χ3v) is 2.79. The number of hydrogen-bond donors (Lipinski definition) is 1. The summed E-state index contributed by atoms with van der Waals surface area (Å²) in [5.74, 6) is 0.426. The molecule has 1 atom stereocenters. The maximum Gasteiger partial charge on any atom is 0.387 e. The van der Waals surface area contributed by atoms with Gasteiger partial charge in [0.15, 0.2) is 11.5 Å². The van der Waals surface area contributed by atoms with E-state index in [0.29, 0.717) is 24.9 Å². The van der Waals surface area contributed by atoms with Crippen LogP contribution in [0.1, 0.15) is 32.8 Å². The number of ether oxygens (including phenoxy) is 2. The molecule has 0 amide bonds. The highest BCUT2D eigenvalue weighted by molar-refractivity contribution is 5.43. The Morgan fingerprint density at radius 1 is 1.21 bits per heavy atom. The summed E-state index contributed by atoms with van der Waals surface area (Å²) < 4.78 is 34.2. The van der Waals surface area contributed by atoms with Gasteiger partial charge in [0.05, 0.1) is 6.61 Å². The quantitative estimate of drug-likeness (QED) is 0.785. The minimum atomic E-state index is -2.84. The Hall–Kier alpha value is -1.36. The van der Waals surface area contributed by atoms with Gasteiger partial charge in [-0.1, -0.05) is 13.0 Å². The van der Waals surface area contributed by atoms with Gasteiger partial charge in [-0.05, 0) is 38.0 Å². The molecule has 0 aliphatic heterocycles. The van der Waals surface area contributed by atoms with E-state index in [1.165, 1.54) is 6.07 Å². The molecule has 1 aromatic carbocycles. The van der Waals surface area contributed by atoms with Crippen LogP contribution in [0, 0.1) is 0 Å². The topological polar surface area (TPSA) is 30.5 Å². The molecule has 5 heteroatoms. The fraction of sp³-hybridized carbons (Fsp3) is 0.571. The molecule has 0 spiro atoms. The highest BCUT2D eigenvalue weighted by atomic mass is 19.3. The van der Waals surface area contributed by atoms with Crippen molar-refractivity contribution in [1.82, 2.24) is 5.32 Å². The minimum absolute atomic E-state index is 0.0733. The third-order valence-electron chi connectivity index (χ3n) is 2.79. The highest BCUT2D eigenvalue weighted by Crippen LogP contribution is 2.29. The SMILES string of the molecule is CCOc1cc(CNC(C)CC)ccc1OC(F)F. The lowest BCUT2D eigenvalue weighted by molar-refractivity contribution is -0.0514. The lowest BCUT2D eigenvalue weighted by Crippen LogP contribution is -2.24. The van der Waals surface area contributed by atoms with Crippen molar-refractivity contribution >= 4 is 0 Å². The lowest BCUT2D eigenvalue weighted by atomic mass is 10.1. The smallest absolute Gasteiger partial charge is 0.387 e. The summed E-state index contributed by atoms with van der Waals surface area (Å²) in [5.41, 5.74) is 0.977. The van der Waals surface area contributed by atoms with Gasteiger partial charge in [-0.15, -0.1) is 0 Å². The molecule has 3 nitrogen and oxygen atoms in total. The van der Waals surface area contributed by atoms with Gasteiger partial charge in [0.2, 0.25) is 0 Å². The standard InChI is InChI=1S/C14H21F2NO2/c1-4-10(3)17-9-11-6-7-12(19-14(15)16)13(8-11)18-5-2/h6-8,10,14,17H,4-5,9H2,1-3H3. The first-order chi connectivity index (χ1) is 9.06. The van der Waals surface area contributed by atoms with Crippen LogP contribution < -0.4 is 14.8 Å². The molecule has 0 heterocycles. The van der Waals surface area contributed by atoms with Gasteiger partial charge < -0.3 is 14.8 Å². The van der Waals surface area contributed by atoms with E-state index in [1.54, 1.807) is 19.1 Å². The zero-order valence-electron chi connectivity index (χ0n) is 11.6. The molecular weight excluding hydrogens is 252 g/mol. The molecule has 0 saturated heterocycles. The lowest BCUT2D eigenvalue weighted by Gasteiger charge is -2.14. The molecule has 1 N–H and O–H groups in total. The summed E-state index contributed by atoms with van der Waals surface area (Å²) in [6, 6.07) is 5.42. The predicted molar refractivity (Wildman–Crippen MR) is 70.8 cm³/mol. The molecule has 0 aliphatic carbocycles. The van der Waals surface area contributed by atoms with Crippen molar-refractivity contribution in [2.45, 2.75) is 46.4 Å². The van der Waals surface area contributed by atoms with Crippen molar-refractivity contribution < 1.29 is 18.3 Å². The van der Waals surface area contributed by atoms with Crippen molar-refractivity contribution in [3.8, 4) is 11.5 Å². The van der Waals surface area contributed by atoms with Gasteiger partial charge in [-0.2, -0.15) is 8.78 Å². The molecule has 0 aromatic heterocycles. The van der Waals surface area contributed by atoms with E-state index in [9.17, 15) is 8.78 Å². The van der Waals surface area contributed by atoms with E-state index < -0.39 is 6.61 Å². The maximum absolute atomic E-state index is 12.3. The molecular formula is C14H21F2NO2. The molecule has 1 aromatic rings. The summed E-state index contributed by atoms with van der Waals surface area (Å²) in [4.78, 5) is 0. The van der Waals surface area contributed by atoms with Crippen LogP contribution in [-0.2, 0) is 6.54 Å². The monoisotopic (exact) mass is 273 g/mol. The number of alkyl halides is 2. The van der Waals surface area contributed by atoms with Crippen molar-refractivity contribution in [2.24, 2.45) is 0 Å². The Balaban J connectivity index is 2.77. The van der Waals surface area contributed by atoms with Gasteiger partial charge in [0.25, 0.3) is 0 Å². The second-order valence-electron chi connectivity index (χ2n) is 4.28. The summed E-state index contributed by atoms with van der Waals surface area (Å²) in [6.45, 7) is 4.23. The van der Waals surface area contributed by atoms with Gasteiger partial charge in [-0.25, -0.2) is 0 Å². The predicted octanol–water partition coefficient (Wildman–Crippen LogP) is 3.57. The molecule has 0 aliphatic rings. The fourth-order valence-corrected chi connectivity index (χ4v) is 1.56. The second-order valence-corrected chi connectivity index (χ2v) is 4.28. The zero-order chi connectivity index (χ0) is 14.3. The number of halogens is 2. The molecule has 1 unspecified atom stereocenters. The minimum Gasteiger partial charge on any atom is -0.490 e. The number of hydrogen-bond acceptors (Lipinski definition) is 3. The van der Waals surface area contributed by atoms with E-state index in [4.69, 9.17) is 4.74 Å². The van der Waals surface area contributed by atoms with Crippen molar-refractivity contribution in [2.75, 3.05) is 6.61 Å². The Morgan fingerprint density at radius 3 is 2.53 bits per heavy atom. The van der Waals surface area contributed by atoms with Crippen LogP contribution in [0.4, 0.5) is 8.78 Å². The molecule has 0 radical (unpaired) electrons. The maximum atomic E-state index is 12.3. The first-order valence-electron chi connectivity index (χ1n) is 6.50. The largest absolute Gasteiger partial charge is 0.490 e. The van der Waals surface area contributed by atoms with Crippen LogP contribution >= 0.6 is 0 Å². The highest BCUT2D eigenvalue weighted by Gasteiger charge is 2.11. The number of rotatable bonds is 8. The molecule has 108 valence electrons. The molecule has 0 bridgehead atoms. The third kappa shape index (κ3) is 5.42. The van der Waals surface area contributed by atoms with Crippen molar-refractivity contribution in [3.05, 3.63) is 23.8 Å². The van der Waals surface area contributed by atoms with Crippen molar-refractivity contribution in [3.63, 3.8) is 0 Å². The Kier molecular flexibility index (Phi) is 6.56. The van der Waals surface area contributed by atoms with Crippen LogP contribution in [0.2, 0.25) is 0 Å². The first-order valence-corrected chi connectivity index (χ1v) is 6.50. The van der Waals surface area contributed by atoms with Crippen LogP contribution in [0.3, 0.4) is 0 Å². The normalized spacial score (nSPS) is 12.5. The summed E-state index contributed by atoms with van der Waals surface area (Å²) >= 11 is 0. The zero-order valence-corrected chi connectivity index (χ0v) is 11.6. The van der Waals surface area contributed by atoms with E-state index in [0.717, 1.165) is 12.0 Å². The average molecular weight is 273 g/mol. The number of nitrogens with one attached hydrogen (secondary N) is 1. The number of benzene rings is 1. The van der Waals surface area contributed by atoms with E-state index in [2.05, 4.69) is 23.9 Å². The van der Waals surface area contributed by atoms with Gasteiger partial charge in [0, 0.05) is 12.6 Å². The molecule has 1 rings (SSSR count). The van der Waals surface area contributed by atoms with Crippen LogP contribution in [0.25, 0.3) is 0 Å². The summed E-state index contributed by atoms with van der Waals surface area (Å²) in [5, 5.41) is 3.33. The van der Waals surface area contributed by atoms with E-state index in [-0.39, 0.29) is 5.75 Å². The Labute approximate surface area is 112 Å². The molecule has 19 heavy (non-hydrogen) atoms. The van der Waals surface area contributed by atoms with Gasteiger partial charge in [0.1, 0.15) is 0 Å². The van der Waals surface area contributed by atoms with E-state index in [1.807, 2.05) is 0 Å². The van der Waals surface area contributed by atoms with Crippen LogP contribution in [0.15, 0.2) is 18.2 Å². The van der Waals surface area contributed by atoms with E-state index >= 15 is 0 Å². The molecule has 0 saturated carbocycles. The fourth-order valence-electron chi connectivity index (χ4n) is 1.56. The molecule has 0 fully saturated rings. The summed E-state index contributed by atoms with van der Waals surface area (Å²) in [6.07, 6.45) is 1.03. The Morgan fingerprint density at radius 2 is 1.95 bits per heavy atom. The van der Waals surface area contributed by atoms with Gasteiger partial charge in [-0.3, -0.25) is 0 Å². The summed E-state index contributed by atoms with van der Waals surface area (Å²) in [7, 11) is 0.